The molecular weight excluding hydrogens is 827 g/mol. The Morgan fingerprint density at radius 2 is 1.03 bits per heavy atom. The van der Waals surface area contributed by atoms with Gasteiger partial charge in [-0.05, 0) is 74.4 Å². The largest absolute Gasteiger partial charge is 0.493 e. The van der Waals surface area contributed by atoms with Crippen LogP contribution in [0.4, 0.5) is 20.2 Å². The van der Waals surface area contributed by atoms with Gasteiger partial charge in [-0.2, -0.15) is 8.78 Å². The zero-order chi connectivity index (χ0) is 45.0. The van der Waals surface area contributed by atoms with Crippen LogP contribution in [0.25, 0.3) is 22.8 Å². The van der Waals surface area contributed by atoms with Crippen LogP contribution in [-0.4, -0.2) is 94.9 Å². The van der Waals surface area contributed by atoms with Gasteiger partial charge < -0.3 is 18.9 Å². The Bertz CT molecular complexity index is 2380. The highest BCUT2D eigenvalue weighted by atomic mass is 19.3. The number of hydrogen-bond acceptors (Lipinski definition) is 12. The summed E-state index contributed by atoms with van der Waals surface area (Å²) in [5.74, 6) is 3.22. The predicted molar refractivity (Wildman–Crippen MR) is 250 cm³/mol. The van der Waals surface area contributed by atoms with Gasteiger partial charge >= 0.3 is 6.61 Å². The second-order valence-corrected chi connectivity index (χ2v) is 16.4. The monoisotopic (exact) mass is 884 g/mol. The number of likely N-dealkylation sites (tertiary alicyclic amines) is 2. The smallest absolute Gasteiger partial charge is 0.387 e. The Kier molecular flexibility index (Phi) is 15.3. The summed E-state index contributed by atoms with van der Waals surface area (Å²) < 4.78 is 48.4. The number of aromatic nitrogens is 4. The van der Waals surface area contributed by atoms with Gasteiger partial charge in [-0.15, -0.1) is 0 Å². The van der Waals surface area contributed by atoms with Crippen LogP contribution in [-0.2, 0) is 13.1 Å². The first-order chi connectivity index (χ1) is 31.9. The van der Waals surface area contributed by atoms with E-state index in [0.717, 1.165) is 104 Å². The number of hydrazine groups is 1. The quantitative estimate of drug-likeness (QED) is 0.0724. The van der Waals surface area contributed by atoms with Crippen molar-refractivity contribution in [2.45, 2.75) is 77.7 Å². The predicted octanol–water partition coefficient (Wildman–Crippen LogP) is 9.96. The van der Waals surface area contributed by atoms with Gasteiger partial charge in [-0.3, -0.25) is 19.8 Å². The second kappa shape index (κ2) is 22.0. The third kappa shape index (κ3) is 11.5. The molecule has 0 amide bonds. The summed E-state index contributed by atoms with van der Waals surface area (Å²) in [6, 6.07) is 31.8. The fourth-order valence-corrected chi connectivity index (χ4v) is 8.79. The van der Waals surface area contributed by atoms with Gasteiger partial charge in [0.2, 0.25) is 0 Å². The number of methoxy groups -OCH3 is 1. The first-order valence-electron chi connectivity index (χ1n) is 22.7. The van der Waals surface area contributed by atoms with Crippen LogP contribution in [0.2, 0.25) is 0 Å². The summed E-state index contributed by atoms with van der Waals surface area (Å²) in [7, 11) is 1.68. The molecule has 14 heteroatoms. The SMILES string of the molecule is CCCOc1cc(CN2CCC(N(c3cnc(-c4ccccc4)nc3)N(c3cnc(-c4ccccc4)nc3)C3CCN(Cc4ccc(OC(F)F)c(OCC)c4)CC3)CC2)ccc1OC. The maximum atomic E-state index is 13.2. The Morgan fingerprint density at radius 1 is 0.585 bits per heavy atom. The van der Waals surface area contributed by atoms with E-state index >= 15 is 0 Å². The molecule has 0 radical (unpaired) electrons. The van der Waals surface area contributed by atoms with E-state index in [4.69, 9.17) is 38.9 Å². The molecule has 12 nitrogen and oxygen atoms in total. The second-order valence-electron chi connectivity index (χ2n) is 16.4. The van der Waals surface area contributed by atoms with Crippen LogP contribution >= 0.6 is 0 Å². The number of benzene rings is 4. The standard InChI is InChI=1S/C51H58F2N8O4/c1-4-28-64-47-29-37(16-18-45(47)62-3)35-58-24-20-41(21-25-58)60(43-31-54-49(55-32-43)39-12-8-6-9-13-39)61(44-33-56-50(57-34-44)40-14-10-7-11-15-40)42-22-26-59(27-23-42)36-38-17-19-46(65-51(52)53)48(30-38)63-5-2/h6-19,29-34,41-42,51H,4-5,20-28,35-36H2,1-3H3. The topological polar surface area (TPSA) is 101 Å². The third-order valence-corrected chi connectivity index (χ3v) is 11.9. The van der Waals surface area contributed by atoms with Crippen molar-refractivity contribution in [3.05, 3.63) is 133 Å². The van der Waals surface area contributed by atoms with Crippen molar-refractivity contribution >= 4 is 11.4 Å². The molecule has 340 valence electrons. The number of nitrogens with zero attached hydrogens (tertiary/aromatic N) is 8. The van der Waals surface area contributed by atoms with Crippen molar-refractivity contribution in [2.24, 2.45) is 0 Å². The number of halogens is 2. The number of hydrogen-bond donors (Lipinski definition) is 0. The van der Waals surface area contributed by atoms with E-state index in [2.05, 4.69) is 38.9 Å². The van der Waals surface area contributed by atoms with Gasteiger partial charge in [0.15, 0.2) is 34.6 Å². The van der Waals surface area contributed by atoms with Crippen molar-refractivity contribution in [3.63, 3.8) is 0 Å². The molecule has 2 fully saturated rings. The van der Waals surface area contributed by atoms with E-state index < -0.39 is 6.61 Å². The minimum absolute atomic E-state index is 0.0408. The molecule has 2 aliphatic rings. The number of alkyl halides is 2. The van der Waals surface area contributed by atoms with E-state index in [1.165, 1.54) is 5.56 Å². The zero-order valence-corrected chi connectivity index (χ0v) is 37.4. The molecule has 0 aliphatic carbocycles. The van der Waals surface area contributed by atoms with Crippen LogP contribution in [0.5, 0.6) is 23.0 Å². The molecule has 0 N–H and O–H groups in total. The Balaban J connectivity index is 1.08. The molecule has 0 atom stereocenters. The lowest BCUT2D eigenvalue weighted by molar-refractivity contribution is -0.0514. The molecule has 6 aromatic rings. The average molecular weight is 885 g/mol. The molecule has 2 aromatic heterocycles. The first kappa shape index (κ1) is 45.2. The van der Waals surface area contributed by atoms with E-state index in [1.54, 1.807) is 13.2 Å². The molecular formula is C51H58F2N8O4. The summed E-state index contributed by atoms with van der Waals surface area (Å²) in [6.45, 7) is 6.83. The minimum atomic E-state index is -2.93. The summed E-state index contributed by atoms with van der Waals surface area (Å²) >= 11 is 0. The van der Waals surface area contributed by atoms with Gasteiger partial charge in [0.1, 0.15) is 0 Å². The summed E-state index contributed by atoms with van der Waals surface area (Å²) in [5, 5.41) is 4.84. The normalized spacial score (nSPS) is 15.2. The molecule has 4 aromatic carbocycles. The summed E-state index contributed by atoms with van der Waals surface area (Å²) in [6.07, 6.45) is 12.2. The van der Waals surface area contributed by atoms with E-state index in [9.17, 15) is 8.78 Å². The molecule has 2 saturated heterocycles. The van der Waals surface area contributed by atoms with E-state index in [1.807, 2.05) is 111 Å². The molecule has 2 aliphatic heterocycles. The highest BCUT2D eigenvalue weighted by molar-refractivity contribution is 5.62. The van der Waals surface area contributed by atoms with Crippen LogP contribution in [0, 0.1) is 0 Å². The highest BCUT2D eigenvalue weighted by Crippen LogP contribution is 2.36. The molecule has 0 bridgehead atoms. The Hall–Kier alpha value is -6.38. The summed E-state index contributed by atoms with van der Waals surface area (Å²) in [4.78, 5) is 24.7. The van der Waals surface area contributed by atoms with Crippen LogP contribution in [0.3, 0.4) is 0 Å². The van der Waals surface area contributed by atoms with Gasteiger partial charge in [0.05, 0.1) is 68.6 Å². The minimum Gasteiger partial charge on any atom is -0.493 e. The number of piperidine rings is 2. The lowest BCUT2D eigenvalue weighted by Crippen LogP contribution is -2.59. The highest BCUT2D eigenvalue weighted by Gasteiger charge is 2.36. The Labute approximate surface area is 380 Å². The number of rotatable bonds is 19. The number of anilines is 2. The van der Waals surface area contributed by atoms with Crippen LogP contribution in [0.1, 0.15) is 57.1 Å². The lowest BCUT2D eigenvalue weighted by Gasteiger charge is -2.50. The average Bonchev–Trinajstić information content (AvgIpc) is 3.35. The first-order valence-corrected chi connectivity index (χ1v) is 22.7. The molecule has 65 heavy (non-hydrogen) atoms. The third-order valence-electron chi connectivity index (χ3n) is 11.9. The molecule has 4 heterocycles. The molecule has 8 rings (SSSR count). The van der Waals surface area contributed by atoms with Gasteiger partial charge in [0, 0.05) is 50.4 Å². The van der Waals surface area contributed by atoms with Gasteiger partial charge in [-0.25, -0.2) is 19.9 Å². The van der Waals surface area contributed by atoms with Gasteiger partial charge in [0.25, 0.3) is 0 Å². The van der Waals surface area contributed by atoms with Crippen molar-refractivity contribution in [3.8, 4) is 45.8 Å². The maximum Gasteiger partial charge on any atom is 0.387 e. The van der Waals surface area contributed by atoms with Crippen molar-refractivity contribution < 1.29 is 27.7 Å². The fraction of sp³-hybridized carbons (Fsp3) is 0.373. The molecule has 0 unspecified atom stereocenters. The van der Waals surface area contributed by atoms with Crippen LogP contribution in [0.15, 0.2) is 122 Å². The van der Waals surface area contributed by atoms with Crippen molar-refractivity contribution in [1.82, 2.24) is 29.7 Å². The lowest BCUT2D eigenvalue weighted by atomic mass is 10.00. The zero-order valence-electron chi connectivity index (χ0n) is 37.4. The van der Waals surface area contributed by atoms with E-state index in [-0.39, 0.29) is 17.8 Å². The van der Waals surface area contributed by atoms with E-state index in [0.29, 0.717) is 37.2 Å². The fourth-order valence-electron chi connectivity index (χ4n) is 8.79. The number of ether oxygens (including phenoxy) is 4. The van der Waals surface area contributed by atoms with Crippen LogP contribution < -0.4 is 29.0 Å². The van der Waals surface area contributed by atoms with Gasteiger partial charge in [-0.1, -0.05) is 79.7 Å². The Morgan fingerprint density at radius 3 is 1.45 bits per heavy atom. The maximum absolute atomic E-state index is 13.2. The molecule has 0 spiro atoms. The molecule has 0 saturated carbocycles. The summed E-state index contributed by atoms with van der Waals surface area (Å²) in [5.41, 5.74) is 5.87. The van der Waals surface area contributed by atoms with Crippen molar-refractivity contribution in [2.75, 3.05) is 56.5 Å². The van der Waals surface area contributed by atoms with Crippen molar-refractivity contribution in [1.29, 1.82) is 0 Å².